The van der Waals surface area contributed by atoms with E-state index in [-0.39, 0.29) is 0 Å². The quantitative estimate of drug-likeness (QED) is 0.450. The summed E-state index contributed by atoms with van der Waals surface area (Å²) in [4.78, 5) is 4.36. The van der Waals surface area contributed by atoms with Crippen LogP contribution in [0.25, 0.3) is 16.8 Å². The van der Waals surface area contributed by atoms with E-state index in [1.807, 2.05) is 30.5 Å². The molecule has 1 aliphatic rings. The molecule has 120 valence electrons. The zero-order valence-electron chi connectivity index (χ0n) is 13.4. The van der Waals surface area contributed by atoms with Crippen LogP contribution in [0.2, 0.25) is 0 Å². The maximum atomic E-state index is 6.09. The van der Waals surface area contributed by atoms with Crippen molar-refractivity contribution in [3.63, 3.8) is 0 Å². The van der Waals surface area contributed by atoms with Crippen LogP contribution in [-0.2, 0) is 0 Å². The summed E-state index contributed by atoms with van der Waals surface area (Å²) < 4.78 is 0. The van der Waals surface area contributed by atoms with Crippen molar-refractivity contribution in [2.24, 2.45) is 16.6 Å². The predicted octanol–water partition coefficient (Wildman–Crippen LogP) is 3.34. The van der Waals surface area contributed by atoms with Crippen molar-refractivity contribution >= 4 is 11.4 Å². The summed E-state index contributed by atoms with van der Waals surface area (Å²) >= 11 is 0. The molecule has 0 amide bonds. The Balaban J connectivity index is 1.83. The molecule has 1 heterocycles. The van der Waals surface area contributed by atoms with Crippen LogP contribution in [0.15, 0.2) is 84.2 Å². The Morgan fingerprint density at radius 2 is 1.58 bits per heavy atom. The maximum Gasteiger partial charge on any atom is 0.0716 e. The first-order valence-corrected chi connectivity index (χ1v) is 7.74. The van der Waals surface area contributed by atoms with Gasteiger partial charge in [0.15, 0.2) is 0 Å². The zero-order chi connectivity index (χ0) is 16.9. The van der Waals surface area contributed by atoms with E-state index in [9.17, 15) is 0 Å². The first-order valence-electron chi connectivity index (χ1n) is 7.74. The van der Waals surface area contributed by atoms with E-state index < -0.39 is 0 Å². The van der Waals surface area contributed by atoms with E-state index in [0.717, 1.165) is 34.4 Å². The van der Waals surface area contributed by atoms with E-state index in [0.29, 0.717) is 11.4 Å². The fourth-order valence-electron chi connectivity index (χ4n) is 2.65. The van der Waals surface area contributed by atoms with Crippen LogP contribution in [0.3, 0.4) is 0 Å². The number of nitrogens with zero attached hydrogens (tertiary/aromatic N) is 1. The largest absolute Gasteiger partial charge is 0.397 e. The summed E-state index contributed by atoms with van der Waals surface area (Å²) in [6, 6.07) is 16.5. The average Bonchev–Trinajstić information content (AvgIpc) is 3.18. The van der Waals surface area contributed by atoms with Crippen LogP contribution in [0.1, 0.15) is 17.5 Å². The highest BCUT2D eigenvalue weighted by atomic mass is 15.2. The molecule has 0 atom stereocenters. The molecule has 24 heavy (non-hydrogen) atoms. The van der Waals surface area contributed by atoms with E-state index in [4.69, 9.17) is 11.6 Å². The highest BCUT2D eigenvalue weighted by molar-refractivity contribution is 6.03. The van der Waals surface area contributed by atoms with Gasteiger partial charge in [0.2, 0.25) is 0 Å². The Labute approximate surface area is 141 Å². The molecule has 0 aromatic heterocycles. The van der Waals surface area contributed by atoms with Gasteiger partial charge in [-0.05, 0) is 28.3 Å². The summed E-state index contributed by atoms with van der Waals surface area (Å²) in [7, 11) is 0. The average molecular weight is 316 g/mol. The summed E-state index contributed by atoms with van der Waals surface area (Å²) in [6.07, 6.45) is 6.42. The predicted molar refractivity (Wildman–Crippen MR) is 101 cm³/mol. The molecule has 0 saturated heterocycles. The van der Waals surface area contributed by atoms with Gasteiger partial charge in [0.25, 0.3) is 0 Å². The number of hydrazine groups is 1. The number of hydrogen-bond acceptors (Lipinski definition) is 4. The lowest BCUT2D eigenvalue weighted by Crippen LogP contribution is -2.23. The number of hydrogen-bond donors (Lipinski definition) is 3. The monoisotopic (exact) mass is 316 g/mol. The van der Waals surface area contributed by atoms with Crippen LogP contribution in [0, 0.1) is 0 Å². The Kier molecular flexibility index (Phi) is 4.59. The number of nitrogens with one attached hydrogen (secondary N) is 1. The third-order valence-corrected chi connectivity index (χ3v) is 4.04. The van der Waals surface area contributed by atoms with Crippen molar-refractivity contribution in [1.82, 2.24) is 5.43 Å². The molecule has 0 radical (unpaired) electrons. The number of aliphatic imine (C=N–C) groups is 1. The smallest absolute Gasteiger partial charge is 0.0716 e. The van der Waals surface area contributed by atoms with Crippen LogP contribution in [0.5, 0.6) is 0 Å². The third-order valence-electron chi connectivity index (χ3n) is 4.04. The molecule has 0 unspecified atom stereocenters. The fraction of sp³-hybridized carbons (Fsp3) is 0.0500. The zero-order valence-corrected chi connectivity index (χ0v) is 13.4. The molecule has 3 rings (SSSR count). The SMILES string of the molecule is C=C/C(NN)=C(/N)c1ccc(-c2ccc(C3=NC=CC3)cc2)cc1. The molecule has 4 heteroatoms. The van der Waals surface area contributed by atoms with E-state index >= 15 is 0 Å². The first-order chi connectivity index (χ1) is 11.7. The van der Waals surface area contributed by atoms with Gasteiger partial charge in [0.1, 0.15) is 0 Å². The maximum absolute atomic E-state index is 6.09. The fourth-order valence-corrected chi connectivity index (χ4v) is 2.65. The lowest BCUT2D eigenvalue weighted by Gasteiger charge is -2.09. The minimum atomic E-state index is 0.571. The second kappa shape index (κ2) is 6.98. The van der Waals surface area contributed by atoms with E-state index in [2.05, 4.69) is 47.3 Å². The number of allylic oxidation sites excluding steroid dienone is 2. The van der Waals surface area contributed by atoms with Crippen molar-refractivity contribution in [3.05, 3.63) is 90.3 Å². The summed E-state index contributed by atoms with van der Waals surface area (Å²) in [5.74, 6) is 5.44. The summed E-state index contributed by atoms with van der Waals surface area (Å²) in [5, 5.41) is 0. The molecule has 0 bridgehead atoms. The van der Waals surface area contributed by atoms with Gasteiger partial charge in [-0.25, -0.2) is 0 Å². The Morgan fingerprint density at radius 3 is 2.08 bits per heavy atom. The van der Waals surface area contributed by atoms with E-state index in [1.54, 1.807) is 6.08 Å². The molecular formula is C20H20N4. The van der Waals surface area contributed by atoms with Gasteiger partial charge < -0.3 is 11.2 Å². The molecular weight excluding hydrogens is 296 g/mol. The Hall–Kier alpha value is -3.11. The van der Waals surface area contributed by atoms with Crippen molar-refractivity contribution in [1.29, 1.82) is 0 Å². The lowest BCUT2D eigenvalue weighted by molar-refractivity contribution is 0.917. The van der Waals surface area contributed by atoms with Gasteiger partial charge in [-0.15, -0.1) is 0 Å². The van der Waals surface area contributed by atoms with E-state index in [1.165, 1.54) is 0 Å². The second-order valence-corrected chi connectivity index (χ2v) is 5.50. The molecule has 5 N–H and O–H groups in total. The van der Waals surface area contributed by atoms with Crippen molar-refractivity contribution < 1.29 is 0 Å². The van der Waals surface area contributed by atoms with Gasteiger partial charge in [-0.1, -0.05) is 61.2 Å². The lowest BCUT2D eigenvalue weighted by atomic mass is 9.99. The normalized spacial score (nSPS) is 14.1. The van der Waals surface area contributed by atoms with Gasteiger partial charge in [-0.3, -0.25) is 10.8 Å². The molecule has 2 aromatic rings. The highest BCUT2D eigenvalue weighted by Gasteiger charge is 2.06. The summed E-state index contributed by atoms with van der Waals surface area (Å²) in [6.45, 7) is 3.69. The van der Waals surface area contributed by atoms with Gasteiger partial charge >= 0.3 is 0 Å². The molecule has 0 fully saturated rings. The third kappa shape index (κ3) is 3.14. The van der Waals surface area contributed by atoms with Crippen molar-refractivity contribution in [2.45, 2.75) is 6.42 Å². The number of nitrogens with two attached hydrogens (primary N) is 2. The number of rotatable bonds is 5. The molecule has 1 aliphatic heterocycles. The molecule has 0 aliphatic carbocycles. The van der Waals surface area contributed by atoms with Crippen LogP contribution in [-0.4, -0.2) is 5.71 Å². The molecule has 2 aromatic carbocycles. The minimum Gasteiger partial charge on any atom is -0.397 e. The summed E-state index contributed by atoms with van der Waals surface area (Å²) in [5.41, 5.74) is 15.3. The molecule has 0 spiro atoms. The standard InChI is InChI=1S/C20H20N4/c1-2-18(24-22)20(21)17-11-7-15(8-12-17)14-5-9-16(10-6-14)19-4-3-13-23-19/h2-3,5-13,24H,1,4,21-22H2/b20-18-. The Bertz CT molecular complexity index is 825. The van der Waals surface area contributed by atoms with Gasteiger partial charge in [0.05, 0.1) is 17.1 Å². The molecule has 0 saturated carbocycles. The highest BCUT2D eigenvalue weighted by Crippen LogP contribution is 2.23. The Morgan fingerprint density at radius 1 is 1.00 bits per heavy atom. The molecule has 4 nitrogen and oxygen atoms in total. The van der Waals surface area contributed by atoms with Crippen molar-refractivity contribution in [3.8, 4) is 11.1 Å². The number of benzene rings is 2. The topological polar surface area (TPSA) is 76.4 Å². The first kappa shape index (κ1) is 15.8. The van der Waals surface area contributed by atoms with Crippen LogP contribution >= 0.6 is 0 Å². The van der Waals surface area contributed by atoms with Gasteiger partial charge in [-0.2, -0.15) is 0 Å². The van der Waals surface area contributed by atoms with Crippen LogP contribution in [0.4, 0.5) is 0 Å². The van der Waals surface area contributed by atoms with Gasteiger partial charge in [0, 0.05) is 12.6 Å². The van der Waals surface area contributed by atoms with Crippen molar-refractivity contribution in [2.75, 3.05) is 0 Å². The van der Waals surface area contributed by atoms with Crippen LogP contribution < -0.4 is 17.0 Å². The minimum absolute atomic E-state index is 0.571. The second-order valence-electron chi connectivity index (χ2n) is 5.50.